The maximum absolute atomic E-state index is 14.2. The minimum atomic E-state index is -4.17. The first-order chi connectivity index (χ1) is 12.7. The summed E-state index contributed by atoms with van der Waals surface area (Å²) in [7, 11) is -4.17. The highest BCUT2D eigenvalue weighted by atomic mass is 79.9. The van der Waals surface area contributed by atoms with E-state index in [1.807, 2.05) is 0 Å². The van der Waals surface area contributed by atoms with Crippen molar-refractivity contribution >= 4 is 31.9 Å². The molecule has 10 heteroatoms. The molecule has 0 aliphatic rings. The molecular weight excluding hydrogens is 439 g/mol. The smallest absolute Gasteiger partial charge is 0.240 e. The van der Waals surface area contributed by atoms with E-state index >= 15 is 0 Å². The van der Waals surface area contributed by atoms with Crippen LogP contribution in [0.25, 0.3) is 5.69 Å². The van der Waals surface area contributed by atoms with Gasteiger partial charge < -0.3 is 5.73 Å². The number of rotatable bonds is 5. The molecule has 0 fully saturated rings. The number of halogens is 2. The molecule has 1 amide bonds. The highest BCUT2D eigenvalue weighted by Gasteiger charge is 2.26. The fraction of sp³-hybridized carbons (Fsp3) is 0.0588. The van der Waals surface area contributed by atoms with Gasteiger partial charge >= 0.3 is 0 Å². The maximum Gasteiger partial charge on any atom is 0.240 e. The van der Waals surface area contributed by atoms with E-state index in [0.29, 0.717) is 4.47 Å². The molecule has 7 nitrogen and oxygen atoms in total. The Kier molecular flexibility index (Phi) is 5.13. The fourth-order valence-corrected chi connectivity index (χ4v) is 3.81. The summed E-state index contributed by atoms with van der Waals surface area (Å²) < 4.78 is 40.4. The molecule has 0 spiro atoms. The number of nitrogens with two attached hydrogens (primary N) is 2. The van der Waals surface area contributed by atoms with Crippen molar-refractivity contribution in [1.82, 2.24) is 9.78 Å². The van der Waals surface area contributed by atoms with Crippen molar-refractivity contribution in [2.24, 2.45) is 10.9 Å². The van der Waals surface area contributed by atoms with Crippen molar-refractivity contribution in [2.75, 3.05) is 0 Å². The molecule has 3 rings (SSSR count). The average molecular weight is 453 g/mol. The minimum Gasteiger partial charge on any atom is -0.369 e. The summed E-state index contributed by atoms with van der Waals surface area (Å²) in [5.41, 5.74) is 5.90. The zero-order valence-electron chi connectivity index (χ0n) is 13.7. The number of hydrogen-bond acceptors (Lipinski definition) is 4. The van der Waals surface area contributed by atoms with Gasteiger partial charge in [0.15, 0.2) is 0 Å². The van der Waals surface area contributed by atoms with Crippen molar-refractivity contribution in [3.63, 3.8) is 0 Å². The number of hydrogen-bond donors (Lipinski definition) is 2. The van der Waals surface area contributed by atoms with Crippen LogP contribution in [0, 0.1) is 5.82 Å². The Bertz CT molecular complexity index is 1130. The Morgan fingerprint density at radius 1 is 1.22 bits per heavy atom. The molecule has 4 N–H and O–H groups in total. The molecule has 0 aliphatic heterocycles. The minimum absolute atomic E-state index is 0.0416. The number of primary sulfonamides is 1. The normalized spacial score (nSPS) is 12.7. The van der Waals surface area contributed by atoms with Gasteiger partial charge in [0.25, 0.3) is 0 Å². The van der Waals surface area contributed by atoms with E-state index in [-0.39, 0.29) is 21.7 Å². The summed E-state index contributed by atoms with van der Waals surface area (Å²) in [6.45, 7) is 0. The van der Waals surface area contributed by atoms with Gasteiger partial charge in [-0.3, -0.25) is 4.79 Å². The fourth-order valence-electron chi connectivity index (χ4n) is 2.77. The van der Waals surface area contributed by atoms with Crippen LogP contribution < -0.4 is 10.9 Å². The summed E-state index contributed by atoms with van der Waals surface area (Å²) >= 11 is 3.23. The van der Waals surface area contributed by atoms with Gasteiger partial charge in [0.2, 0.25) is 15.9 Å². The van der Waals surface area contributed by atoms with Gasteiger partial charge in [-0.2, -0.15) is 5.10 Å². The molecule has 2 aromatic carbocycles. The van der Waals surface area contributed by atoms with Crippen molar-refractivity contribution in [3.05, 3.63) is 76.3 Å². The molecule has 1 atom stereocenters. The lowest BCUT2D eigenvalue weighted by atomic mass is 9.90. The SMILES string of the molecule is NC(=O)C(c1ccc(-n2cc(Br)cn2)c(S(N)(=O)=O)c1)c1ccccc1F. The first-order valence-electron chi connectivity index (χ1n) is 7.59. The first-order valence-corrected chi connectivity index (χ1v) is 9.93. The summed E-state index contributed by atoms with van der Waals surface area (Å²) in [5, 5.41) is 9.38. The quantitative estimate of drug-likeness (QED) is 0.614. The second-order valence-corrected chi connectivity index (χ2v) is 8.18. The van der Waals surface area contributed by atoms with Crippen LogP contribution in [-0.4, -0.2) is 24.1 Å². The van der Waals surface area contributed by atoms with Crippen LogP contribution in [0.1, 0.15) is 17.0 Å². The number of benzene rings is 2. The summed E-state index contributed by atoms with van der Waals surface area (Å²) in [4.78, 5) is 11.8. The highest BCUT2D eigenvalue weighted by molar-refractivity contribution is 9.10. The molecule has 0 radical (unpaired) electrons. The Labute approximate surface area is 163 Å². The number of aromatic nitrogens is 2. The third-order valence-electron chi connectivity index (χ3n) is 3.92. The lowest BCUT2D eigenvalue weighted by molar-refractivity contribution is -0.118. The Hall–Kier alpha value is -2.56. The van der Waals surface area contributed by atoms with Gasteiger partial charge in [-0.05, 0) is 39.7 Å². The topological polar surface area (TPSA) is 121 Å². The first kappa shape index (κ1) is 19.2. The number of carbonyl (C=O) groups is 1. The average Bonchev–Trinajstić information content (AvgIpc) is 3.02. The van der Waals surface area contributed by atoms with Crippen LogP contribution in [0.15, 0.2) is 64.2 Å². The molecule has 1 heterocycles. The standard InChI is InChI=1S/C17H14BrFN4O3S/c18-11-8-22-23(9-11)14-6-5-10(7-15(14)27(21,25)26)16(17(20)24)12-3-1-2-4-13(12)19/h1-9,16H,(H2,20,24)(H2,21,25,26). The van der Waals surface area contributed by atoms with Gasteiger partial charge in [-0.1, -0.05) is 24.3 Å². The van der Waals surface area contributed by atoms with E-state index in [1.165, 1.54) is 47.3 Å². The predicted octanol–water partition coefficient (Wildman–Crippen LogP) is 2.04. The predicted molar refractivity (Wildman–Crippen MR) is 100 cm³/mol. The molecule has 1 aromatic heterocycles. The molecule has 0 aliphatic carbocycles. The number of amides is 1. The Morgan fingerprint density at radius 2 is 1.93 bits per heavy atom. The van der Waals surface area contributed by atoms with E-state index in [0.717, 1.165) is 0 Å². The number of primary amides is 1. The van der Waals surface area contributed by atoms with Crippen LogP contribution >= 0.6 is 15.9 Å². The number of sulfonamides is 1. The van der Waals surface area contributed by atoms with Crippen LogP contribution in [0.2, 0.25) is 0 Å². The van der Waals surface area contributed by atoms with E-state index in [1.54, 1.807) is 12.3 Å². The van der Waals surface area contributed by atoms with Gasteiger partial charge in [-0.25, -0.2) is 22.6 Å². The second-order valence-electron chi connectivity index (χ2n) is 5.73. The van der Waals surface area contributed by atoms with Gasteiger partial charge in [0.1, 0.15) is 10.7 Å². The van der Waals surface area contributed by atoms with Crippen molar-refractivity contribution in [2.45, 2.75) is 10.8 Å². The summed E-state index contributed by atoms with van der Waals surface area (Å²) in [5.74, 6) is -2.63. The van der Waals surface area contributed by atoms with Gasteiger partial charge in [0, 0.05) is 11.8 Å². The molecular formula is C17H14BrFN4O3S. The molecule has 0 saturated carbocycles. The number of nitrogens with zero attached hydrogens (tertiary/aromatic N) is 2. The number of carbonyl (C=O) groups excluding carboxylic acids is 1. The van der Waals surface area contributed by atoms with Crippen LogP contribution in [-0.2, 0) is 14.8 Å². The molecule has 0 bridgehead atoms. The lowest BCUT2D eigenvalue weighted by Crippen LogP contribution is -2.24. The second kappa shape index (κ2) is 7.22. The lowest BCUT2D eigenvalue weighted by Gasteiger charge is -2.17. The van der Waals surface area contributed by atoms with Crippen LogP contribution in [0.3, 0.4) is 0 Å². The molecule has 0 saturated heterocycles. The van der Waals surface area contributed by atoms with Gasteiger partial charge in [-0.15, -0.1) is 0 Å². The van der Waals surface area contributed by atoms with Crippen molar-refractivity contribution in [3.8, 4) is 5.69 Å². The maximum atomic E-state index is 14.2. The van der Waals surface area contributed by atoms with Crippen LogP contribution in [0.5, 0.6) is 0 Å². The zero-order valence-corrected chi connectivity index (χ0v) is 16.1. The Morgan fingerprint density at radius 3 is 2.48 bits per heavy atom. The molecule has 3 aromatic rings. The molecule has 140 valence electrons. The largest absolute Gasteiger partial charge is 0.369 e. The Balaban J connectivity index is 2.22. The summed E-state index contributed by atoms with van der Waals surface area (Å²) in [6.07, 6.45) is 3.03. The van der Waals surface area contributed by atoms with E-state index < -0.39 is 27.7 Å². The van der Waals surface area contributed by atoms with Gasteiger partial charge in [0.05, 0.1) is 22.3 Å². The van der Waals surface area contributed by atoms with E-state index in [4.69, 9.17) is 10.9 Å². The van der Waals surface area contributed by atoms with Crippen LogP contribution in [0.4, 0.5) is 4.39 Å². The molecule has 27 heavy (non-hydrogen) atoms. The molecule has 1 unspecified atom stereocenters. The van der Waals surface area contributed by atoms with Crippen molar-refractivity contribution < 1.29 is 17.6 Å². The third kappa shape index (κ3) is 3.92. The summed E-state index contributed by atoms with van der Waals surface area (Å²) in [6, 6.07) is 9.78. The van der Waals surface area contributed by atoms with Crippen molar-refractivity contribution in [1.29, 1.82) is 0 Å². The third-order valence-corrected chi connectivity index (χ3v) is 5.27. The van der Waals surface area contributed by atoms with E-state index in [9.17, 15) is 17.6 Å². The highest BCUT2D eigenvalue weighted by Crippen LogP contribution is 2.30. The van der Waals surface area contributed by atoms with E-state index in [2.05, 4.69) is 21.0 Å². The monoisotopic (exact) mass is 452 g/mol. The zero-order chi connectivity index (χ0) is 19.8.